The lowest BCUT2D eigenvalue weighted by molar-refractivity contribution is -0.137. The Hall–Kier alpha value is -1.86. The maximum atomic E-state index is 11.4. The minimum atomic E-state index is -0.275. The molecule has 1 aliphatic rings. The quantitative estimate of drug-likeness (QED) is 0.597. The maximum absolute atomic E-state index is 11.4. The van der Waals surface area contributed by atoms with Crippen LogP contribution in [-0.4, -0.2) is 46.3 Å². The average molecular weight is 333 g/mol. The van der Waals surface area contributed by atoms with Crippen LogP contribution in [0.2, 0.25) is 0 Å². The van der Waals surface area contributed by atoms with E-state index in [-0.39, 0.29) is 17.8 Å². The highest BCUT2D eigenvalue weighted by Gasteiger charge is 2.22. The topological polar surface area (TPSA) is 66.2 Å². The van der Waals surface area contributed by atoms with Crippen molar-refractivity contribution in [3.8, 4) is 11.4 Å². The van der Waals surface area contributed by atoms with Gasteiger partial charge in [-0.05, 0) is 12.8 Å². The van der Waals surface area contributed by atoms with Gasteiger partial charge in [-0.25, -0.2) is 0 Å². The average Bonchev–Trinajstić information content (AvgIpc) is 3.24. The van der Waals surface area contributed by atoms with Crippen molar-refractivity contribution in [3.63, 3.8) is 0 Å². The highest BCUT2D eigenvalue weighted by molar-refractivity contribution is 7.99. The van der Waals surface area contributed by atoms with Crippen LogP contribution in [0.15, 0.2) is 35.5 Å². The number of thioether (sulfide) groups is 1. The van der Waals surface area contributed by atoms with Gasteiger partial charge in [-0.15, -0.1) is 10.2 Å². The van der Waals surface area contributed by atoms with E-state index >= 15 is 0 Å². The molecule has 1 aromatic carbocycles. The fraction of sp³-hybridized carbons (Fsp3) is 0.438. The number of methoxy groups -OCH3 is 1. The van der Waals surface area contributed by atoms with Crippen LogP contribution in [-0.2, 0) is 20.8 Å². The number of carbonyl (C=O) groups is 1. The normalized spacial score (nSPS) is 17.3. The number of hydrogen-bond donors (Lipinski definition) is 0. The fourth-order valence-electron chi connectivity index (χ4n) is 2.54. The van der Waals surface area contributed by atoms with Crippen LogP contribution in [0, 0.1) is 0 Å². The zero-order chi connectivity index (χ0) is 16.1. The third-order valence-electron chi connectivity index (χ3n) is 3.71. The summed E-state index contributed by atoms with van der Waals surface area (Å²) >= 11 is 1.34. The van der Waals surface area contributed by atoms with E-state index in [0.717, 1.165) is 30.8 Å². The molecule has 2 aromatic rings. The van der Waals surface area contributed by atoms with E-state index in [1.807, 2.05) is 34.9 Å². The van der Waals surface area contributed by atoms with Gasteiger partial charge in [0.05, 0.1) is 25.5 Å². The molecule has 3 rings (SSSR count). The van der Waals surface area contributed by atoms with Crippen molar-refractivity contribution in [1.29, 1.82) is 0 Å². The van der Waals surface area contributed by atoms with Crippen LogP contribution >= 0.6 is 11.8 Å². The Bertz CT molecular complexity index is 654. The van der Waals surface area contributed by atoms with Gasteiger partial charge in [0, 0.05) is 12.2 Å². The summed E-state index contributed by atoms with van der Waals surface area (Å²) in [5.41, 5.74) is 1.00. The van der Waals surface area contributed by atoms with E-state index in [0.29, 0.717) is 11.7 Å². The lowest BCUT2D eigenvalue weighted by Crippen LogP contribution is -2.17. The molecule has 0 spiro atoms. The smallest absolute Gasteiger partial charge is 0.316 e. The Kier molecular flexibility index (Phi) is 5.30. The van der Waals surface area contributed by atoms with E-state index in [9.17, 15) is 4.79 Å². The Morgan fingerprint density at radius 1 is 1.39 bits per heavy atom. The molecule has 0 radical (unpaired) electrons. The molecule has 1 aliphatic heterocycles. The van der Waals surface area contributed by atoms with Crippen molar-refractivity contribution in [2.75, 3.05) is 19.5 Å². The van der Waals surface area contributed by atoms with Gasteiger partial charge in [-0.2, -0.15) is 0 Å². The number of benzene rings is 1. The second-order valence-corrected chi connectivity index (χ2v) is 6.23. The minimum absolute atomic E-state index is 0.172. The van der Waals surface area contributed by atoms with Gasteiger partial charge < -0.3 is 9.47 Å². The predicted octanol–water partition coefficient (Wildman–Crippen LogP) is 2.39. The summed E-state index contributed by atoms with van der Waals surface area (Å²) in [4.78, 5) is 11.4. The number of carbonyl (C=O) groups excluding carboxylic acids is 1. The molecular weight excluding hydrogens is 314 g/mol. The summed E-state index contributed by atoms with van der Waals surface area (Å²) in [6.45, 7) is 1.50. The zero-order valence-electron chi connectivity index (χ0n) is 13.0. The molecule has 2 heterocycles. The van der Waals surface area contributed by atoms with Gasteiger partial charge in [0.1, 0.15) is 0 Å². The Morgan fingerprint density at radius 3 is 2.91 bits per heavy atom. The summed E-state index contributed by atoms with van der Waals surface area (Å²) in [6.07, 6.45) is 2.29. The van der Waals surface area contributed by atoms with Gasteiger partial charge in [0.25, 0.3) is 0 Å². The second-order valence-electron chi connectivity index (χ2n) is 5.28. The molecule has 6 nitrogen and oxygen atoms in total. The first-order valence-electron chi connectivity index (χ1n) is 7.58. The SMILES string of the molecule is COC(=O)CSc1nnc(-c2ccccc2)n1CC1CCCO1. The van der Waals surface area contributed by atoms with Gasteiger partial charge in [0.2, 0.25) is 0 Å². The summed E-state index contributed by atoms with van der Waals surface area (Å²) in [5.74, 6) is 0.742. The van der Waals surface area contributed by atoms with Crippen LogP contribution in [0.1, 0.15) is 12.8 Å². The molecule has 1 aromatic heterocycles. The number of hydrogen-bond acceptors (Lipinski definition) is 6. The molecule has 23 heavy (non-hydrogen) atoms. The Balaban J connectivity index is 1.86. The van der Waals surface area contributed by atoms with Crippen molar-refractivity contribution in [2.45, 2.75) is 30.6 Å². The van der Waals surface area contributed by atoms with Crippen LogP contribution in [0.4, 0.5) is 0 Å². The van der Waals surface area contributed by atoms with E-state index in [1.54, 1.807) is 0 Å². The first-order valence-corrected chi connectivity index (χ1v) is 8.56. The summed E-state index contributed by atoms with van der Waals surface area (Å²) in [5, 5.41) is 9.28. The predicted molar refractivity (Wildman–Crippen MR) is 87.2 cm³/mol. The molecule has 0 bridgehead atoms. The highest BCUT2D eigenvalue weighted by Crippen LogP contribution is 2.26. The number of aromatic nitrogens is 3. The summed E-state index contributed by atoms with van der Waals surface area (Å²) in [7, 11) is 1.38. The van der Waals surface area contributed by atoms with E-state index in [4.69, 9.17) is 9.47 Å². The number of esters is 1. The van der Waals surface area contributed by atoms with Gasteiger partial charge in [0.15, 0.2) is 11.0 Å². The van der Waals surface area contributed by atoms with Gasteiger partial charge in [-0.3, -0.25) is 9.36 Å². The highest BCUT2D eigenvalue weighted by atomic mass is 32.2. The number of rotatable bonds is 6. The summed E-state index contributed by atoms with van der Waals surface area (Å²) in [6, 6.07) is 9.93. The molecule has 0 N–H and O–H groups in total. The van der Waals surface area contributed by atoms with Crippen LogP contribution in [0.25, 0.3) is 11.4 Å². The molecule has 1 unspecified atom stereocenters. The molecule has 1 fully saturated rings. The zero-order valence-corrected chi connectivity index (χ0v) is 13.8. The third kappa shape index (κ3) is 3.92. The number of ether oxygens (including phenoxy) is 2. The first-order chi connectivity index (χ1) is 11.3. The van der Waals surface area contributed by atoms with E-state index in [1.165, 1.54) is 18.9 Å². The van der Waals surface area contributed by atoms with E-state index in [2.05, 4.69) is 10.2 Å². The van der Waals surface area contributed by atoms with Crippen molar-refractivity contribution < 1.29 is 14.3 Å². The second kappa shape index (κ2) is 7.61. The molecule has 122 valence electrons. The van der Waals surface area contributed by atoms with Crippen LogP contribution < -0.4 is 0 Å². The summed E-state index contributed by atoms with van der Waals surface area (Å²) < 4.78 is 12.5. The van der Waals surface area contributed by atoms with E-state index < -0.39 is 0 Å². The van der Waals surface area contributed by atoms with Crippen molar-refractivity contribution in [2.24, 2.45) is 0 Å². The Morgan fingerprint density at radius 2 is 2.22 bits per heavy atom. The molecular formula is C16H19N3O3S. The molecule has 0 saturated carbocycles. The largest absolute Gasteiger partial charge is 0.468 e. The van der Waals surface area contributed by atoms with Gasteiger partial charge >= 0.3 is 5.97 Å². The molecule has 1 saturated heterocycles. The standard InChI is InChI=1S/C16H19N3O3S/c1-21-14(20)11-23-16-18-17-15(12-6-3-2-4-7-12)19(16)10-13-8-5-9-22-13/h2-4,6-7,13H,5,8-11H2,1H3. The molecule has 0 amide bonds. The van der Waals surface area contributed by atoms with Crippen molar-refractivity contribution >= 4 is 17.7 Å². The lowest BCUT2D eigenvalue weighted by Gasteiger charge is -2.14. The van der Waals surface area contributed by atoms with Crippen molar-refractivity contribution in [3.05, 3.63) is 30.3 Å². The Labute approximate surface area is 139 Å². The fourth-order valence-corrected chi connectivity index (χ4v) is 3.32. The molecule has 0 aliphatic carbocycles. The third-order valence-corrected chi connectivity index (χ3v) is 4.65. The minimum Gasteiger partial charge on any atom is -0.468 e. The monoisotopic (exact) mass is 333 g/mol. The van der Waals surface area contributed by atoms with Gasteiger partial charge in [-0.1, -0.05) is 42.1 Å². The van der Waals surface area contributed by atoms with Crippen molar-refractivity contribution in [1.82, 2.24) is 14.8 Å². The first kappa shape index (κ1) is 16.0. The molecule has 1 atom stereocenters. The van der Waals surface area contributed by atoms with Crippen LogP contribution in [0.3, 0.4) is 0 Å². The van der Waals surface area contributed by atoms with Crippen LogP contribution in [0.5, 0.6) is 0 Å². The lowest BCUT2D eigenvalue weighted by atomic mass is 10.2. The number of nitrogens with zero attached hydrogens (tertiary/aromatic N) is 3. The molecule has 7 heteroatoms. The maximum Gasteiger partial charge on any atom is 0.316 e.